The van der Waals surface area contributed by atoms with Crippen LogP contribution < -0.4 is 10.6 Å². The van der Waals surface area contributed by atoms with Gasteiger partial charge < -0.3 is 15.4 Å². The van der Waals surface area contributed by atoms with E-state index < -0.39 is 18.0 Å². The van der Waals surface area contributed by atoms with E-state index in [-0.39, 0.29) is 18.9 Å². The lowest BCUT2D eigenvalue weighted by atomic mass is 10.3. The van der Waals surface area contributed by atoms with Gasteiger partial charge >= 0.3 is 5.97 Å². The van der Waals surface area contributed by atoms with Crippen molar-refractivity contribution >= 4 is 35.2 Å². The van der Waals surface area contributed by atoms with Crippen molar-refractivity contribution < 1.29 is 19.1 Å². The van der Waals surface area contributed by atoms with Gasteiger partial charge in [-0.2, -0.15) is 0 Å². The van der Waals surface area contributed by atoms with Crippen LogP contribution in [0.25, 0.3) is 0 Å². The summed E-state index contributed by atoms with van der Waals surface area (Å²) in [5.41, 5.74) is 0. The Morgan fingerprint density at radius 1 is 1.38 bits per heavy atom. The quantitative estimate of drug-likeness (QED) is 0.767. The maximum absolute atomic E-state index is 11.8. The minimum atomic E-state index is -0.965. The van der Waals surface area contributed by atoms with Crippen LogP contribution in [0.3, 0.4) is 0 Å². The third-order valence-corrected chi connectivity index (χ3v) is 2.58. The van der Waals surface area contributed by atoms with Crippen molar-refractivity contribution in [2.24, 2.45) is 0 Å². The molecular formula is C13H16ClN3O4. The Bertz CT molecular complexity index is 519. The molecule has 0 saturated carbocycles. The molecule has 1 aromatic rings. The lowest BCUT2D eigenvalue weighted by Crippen LogP contribution is -2.31. The van der Waals surface area contributed by atoms with E-state index in [1.54, 1.807) is 6.07 Å². The average Bonchev–Trinajstić information content (AvgIpc) is 2.40. The highest BCUT2D eigenvalue weighted by Crippen LogP contribution is 2.10. The summed E-state index contributed by atoms with van der Waals surface area (Å²) in [5, 5.41) is 5.40. The third-order valence-electron chi connectivity index (χ3n) is 2.36. The molecule has 0 saturated heterocycles. The molecule has 1 heterocycles. The lowest BCUT2D eigenvalue weighted by Gasteiger charge is -2.13. The maximum atomic E-state index is 11.8. The maximum Gasteiger partial charge on any atom is 0.308 e. The number of carbonyl (C=O) groups excluding carboxylic acids is 3. The highest BCUT2D eigenvalue weighted by atomic mass is 35.5. The second-order valence-corrected chi connectivity index (χ2v) is 4.65. The van der Waals surface area contributed by atoms with Gasteiger partial charge in [-0.1, -0.05) is 11.6 Å². The molecule has 0 radical (unpaired) electrons. The molecule has 0 aromatic carbocycles. The Morgan fingerprint density at radius 3 is 2.67 bits per heavy atom. The second-order valence-electron chi connectivity index (χ2n) is 4.22. The van der Waals surface area contributed by atoms with Crippen molar-refractivity contribution in [3.63, 3.8) is 0 Å². The molecule has 114 valence electrons. The van der Waals surface area contributed by atoms with Gasteiger partial charge in [0.2, 0.25) is 5.91 Å². The molecule has 0 bridgehead atoms. The number of pyridine rings is 1. The number of halogens is 1. The number of rotatable bonds is 6. The molecule has 1 aromatic heterocycles. The number of carbonyl (C=O) groups is 3. The number of hydrogen-bond donors (Lipinski definition) is 2. The van der Waals surface area contributed by atoms with Crippen LogP contribution in [-0.2, 0) is 19.1 Å². The third kappa shape index (κ3) is 6.71. The van der Waals surface area contributed by atoms with E-state index in [9.17, 15) is 14.4 Å². The largest absolute Gasteiger partial charge is 0.452 e. The summed E-state index contributed by atoms with van der Waals surface area (Å²) in [7, 11) is 0. The number of esters is 1. The molecule has 8 heteroatoms. The van der Waals surface area contributed by atoms with Gasteiger partial charge in [0, 0.05) is 19.7 Å². The van der Waals surface area contributed by atoms with E-state index >= 15 is 0 Å². The number of nitrogens with one attached hydrogen (secondary N) is 2. The molecule has 0 aliphatic carbocycles. The number of ether oxygens (including phenoxy) is 1. The smallest absolute Gasteiger partial charge is 0.308 e. The number of nitrogens with zero attached hydrogens (tertiary/aromatic N) is 1. The van der Waals surface area contributed by atoms with E-state index in [0.29, 0.717) is 10.8 Å². The summed E-state index contributed by atoms with van der Waals surface area (Å²) in [5.74, 6) is -0.999. The Hall–Kier alpha value is -2.15. The van der Waals surface area contributed by atoms with Gasteiger partial charge in [0.1, 0.15) is 5.82 Å². The molecule has 1 atom stereocenters. The standard InChI is InChI=1S/C13H16ClN3O4/c1-8(21-12(19)5-6-15-9(2)18)13(20)17-11-4-3-10(14)7-16-11/h3-4,7-8H,5-6H2,1-2H3,(H,15,18)(H,16,17,20)/t8-/m0/s1. The normalized spacial score (nSPS) is 11.4. The molecule has 0 unspecified atom stereocenters. The Morgan fingerprint density at radius 2 is 2.10 bits per heavy atom. The first-order chi connectivity index (χ1) is 9.88. The first kappa shape index (κ1) is 16.9. The topological polar surface area (TPSA) is 97.4 Å². The summed E-state index contributed by atoms with van der Waals surface area (Å²) in [6.07, 6.45) is 0.421. The minimum Gasteiger partial charge on any atom is -0.452 e. The van der Waals surface area contributed by atoms with Crippen molar-refractivity contribution in [2.75, 3.05) is 11.9 Å². The van der Waals surface area contributed by atoms with Gasteiger partial charge in [-0.3, -0.25) is 14.4 Å². The van der Waals surface area contributed by atoms with Crippen molar-refractivity contribution in [3.8, 4) is 0 Å². The molecule has 2 N–H and O–H groups in total. The van der Waals surface area contributed by atoms with E-state index in [2.05, 4.69) is 15.6 Å². The predicted molar refractivity (Wildman–Crippen MR) is 76.7 cm³/mol. The van der Waals surface area contributed by atoms with E-state index in [1.807, 2.05) is 0 Å². The Labute approximate surface area is 127 Å². The van der Waals surface area contributed by atoms with Crippen LogP contribution in [0, 0.1) is 0 Å². The highest BCUT2D eigenvalue weighted by molar-refractivity contribution is 6.30. The second kappa shape index (κ2) is 8.21. The molecule has 7 nitrogen and oxygen atoms in total. The highest BCUT2D eigenvalue weighted by Gasteiger charge is 2.18. The summed E-state index contributed by atoms with van der Waals surface area (Å²) in [6, 6.07) is 3.11. The average molecular weight is 314 g/mol. The van der Waals surface area contributed by atoms with Crippen molar-refractivity contribution in [1.82, 2.24) is 10.3 Å². The summed E-state index contributed by atoms with van der Waals surface area (Å²) >= 11 is 5.68. The van der Waals surface area contributed by atoms with Gasteiger partial charge in [-0.05, 0) is 19.1 Å². The van der Waals surface area contributed by atoms with E-state index in [0.717, 1.165) is 0 Å². The number of amides is 2. The zero-order valence-electron chi connectivity index (χ0n) is 11.7. The fourth-order valence-corrected chi connectivity index (χ4v) is 1.44. The number of anilines is 1. The number of aromatic nitrogens is 1. The van der Waals surface area contributed by atoms with Crippen molar-refractivity contribution in [2.45, 2.75) is 26.4 Å². The van der Waals surface area contributed by atoms with Crippen LogP contribution in [-0.4, -0.2) is 35.4 Å². The van der Waals surface area contributed by atoms with Gasteiger partial charge in [-0.25, -0.2) is 4.98 Å². The number of hydrogen-bond acceptors (Lipinski definition) is 5. The fourth-order valence-electron chi connectivity index (χ4n) is 1.33. The first-order valence-corrected chi connectivity index (χ1v) is 6.62. The van der Waals surface area contributed by atoms with Gasteiger partial charge in [0.05, 0.1) is 11.4 Å². The Kier molecular flexibility index (Phi) is 6.61. The molecular weight excluding hydrogens is 298 g/mol. The van der Waals surface area contributed by atoms with E-state index in [4.69, 9.17) is 16.3 Å². The zero-order chi connectivity index (χ0) is 15.8. The predicted octanol–water partition coefficient (Wildman–Crippen LogP) is 1.13. The van der Waals surface area contributed by atoms with Gasteiger partial charge in [0.15, 0.2) is 6.10 Å². The van der Waals surface area contributed by atoms with Crippen LogP contribution in [0.15, 0.2) is 18.3 Å². The summed E-state index contributed by atoms with van der Waals surface area (Å²) < 4.78 is 4.93. The molecule has 0 fully saturated rings. The first-order valence-electron chi connectivity index (χ1n) is 6.25. The summed E-state index contributed by atoms with van der Waals surface area (Å²) in [6.45, 7) is 2.96. The monoisotopic (exact) mass is 313 g/mol. The van der Waals surface area contributed by atoms with Crippen molar-refractivity contribution in [1.29, 1.82) is 0 Å². The molecule has 0 spiro atoms. The van der Waals surface area contributed by atoms with Crippen molar-refractivity contribution in [3.05, 3.63) is 23.4 Å². The van der Waals surface area contributed by atoms with Crippen LogP contribution in [0.5, 0.6) is 0 Å². The minimum absolute atomic E-state index is 0.00358. The van der Waals surface area contributed by atoms with Crippen LogP contribution in [0.1, 0.15) is 20.3 Å². The van der Waals surface area contributed by atoms with Crippen LogP contribution >= 0.6 is 11.6 Å². The fraction of sp³-hybridized carbons (Fsp3) is 0.385. The molecule has 0 aliphatic rings. The molecule has 21 heavy (non-hydrogen) atoms. The van der Waals surface area contributed by atoms with Crippen LogP contribution in [0.2, 0.25) is 5.02 Å². The van der Waals surface area contributed by atoms with E-state index in [1.165, 1.54) is 26.1 Å². The lowest BCUT2D eigenvalue weighted by molar-refractivity contribution is -0.153. The van der Waals surface area contributed by atoms with Gasteiger partial charge in [-0.15, -0.1) is 0 Å². The molecule has 1 rings (SSSR count). The summed E-state index contributed by atoms with van der Waals surface area (Å²) in [4.78, 5) is 37.8. The van der Waals surface area contributed by atoms with Crippen LogP contribution in [0.4, 0.5) is 5.82 Å². The molecule has 2 amide bonds. The molecule has 0 aliphatic heterocycles. The zero-order valence-corrected chi connectivity index (χ0v) is 12.4. The SMILES string of the molecule is CC(=O)NCCC(=O)O[C@@H](C)C(=O)Nc1ccc(Cl)cn1. The van der Waals surface area contributed by atoms with Gasteiger partial charge in [0.25, 0.3) is 5.91 Å². The Balaban J connectivity index is 2.38.